The maximum Gasteiger partial charge on any atom is 0.232 e. The second-order valence-electron chi connectivity index (χ2n) is 9.77. The molecule has 13 heteroatoms. The largest absolute Gasteiger partial charge is 0.341 e. The number of rotatable bonds is 8. The molecule has 0 bridgehead atoms. The first kappa shape index (κ1) is 26.9. The molecule has 0 radical (unpaired) electrons. The predicted octanol–water partition coefficient (Wildman–Crippen LogP) is 3.84. The van der Waals surface area contributed by atoms with Crippen molar-refractivity contribution in [3.05, 3.63) is 54.9 Å². The molecule has 1 aromatic carbocycles. The minimum absolute atomic E-state index is 0.189. The van der Waals surface area contributed by atoms with E-state index >= 15 is 8.78 Å². The number of halogens is 2. The molecule has 5 rings (SSSR count). The van der Waals surface area contributed by atoms with Gasteiger partial charge in [0, 0.05) is 42.8 Å². The summed E-state index contributed by atoms with van der Waals surface area (Å²) in [4.78, 5) is 21.9. The second-order valence-corrected chi connectivity index (χ2v) is 11.6. The molecule has 0 amide bonds. The molecule has 0 unspecified atom stereocenters. The summed E-state index contributed by atoms with van der Waals surface area (Å²) >= 11 is 0. The summed E-state index contributed by atoms with van der Waals surface area (Å²) in [6, 6.07) is 2.36. The van der Waals surface area contributed by atoms with Gasteiger partial charge < -0.3 is 14.4 Å². The highest BCUT2D eigenvalue weighted by Gasteiger charge is 2.26. The second kappa shape index (κ2) is 10.8. The van der Waals surface area contributed by atoms with Gasteiger partial charge in [0.2, 0.25) is 16.0 Å². The van der Waals surface area contributed by atoms with Crippen LogP contribution >= 0.6 is 0 Å². The molecule has 4 heterocycles. The van der Waals surface area contributed by atoms with Crippen molar-refractivity contribution in [1.29, 1.82) is 0 Å². The van der Waals surface area contributed by atoms with Crippen LogP contribution in [0.4, 0.5) is 20.4 Å². The van der Waals surface area contributed by atoms with Crippen LogP contribution in [0.1, 0.15) is 26.2 Å². The number of fused-ring (bicyclic) bond motifs is 1. The van der Waals surface area contributed by atoms with Crippen molar-refractivity contribution in [2.45, 2.75) is 32.2 Å². The van der Waals surface area contributed by atoms with Crippen molar-refractivity contribution in [1.82, 2.24) is 29.4 Å². The van der Waals surface area contributed by atoms with E-state index < -0.39 is 27.3 Å². The molecule has 4 aromatic rings. The van der Waals surface area contributed by atoms with Gasteiger partial charge in [0.1, 0.15) is 23.3 Å². The number of likely N-dealkylation sites (tertiary alicyclic amines) is 1. The fraction of sp³-hybridized carbons (Fsp3) is 0.385. The Hall–Kier alpha value is -3.71. The van der Waals surface area contributed by atoms with Crippen LogP contribution in [0.3, 0.4) is 0 Å². The Balaban J connectivity index is 1.65. The summed E-state index contributed by atoms with van der Waals surface area (Å²) in [6.07, 6.45) is 9.93. The molecule has 0 saturated carbocycles. The summed E-state index contributed by atoms with van der Waals surface area (Å²) in [6.45, 7) is 3.64. The van der Waals surface area contributed by atoms with Gasteiger partial charge in [-0.3, -0.25) is 4.72 Å². The number of nitrogens with one attached hydrogen (secondary N) is 1. The fourth-order valence-electron chi connectivity index (χ4n) is 4.88. The van der Waals surface area contributed by atoms with Crippen LogP contribution in [0.25, 0.3) is 27.8 Å². The molecule has 39 heavy (non-hydrogen) atoms. The van der Waals surface area contributed by atoms with E-state index in [4.69, 9.17) is 4.98 Å². The number of anilines is 2. The zero-order chi connectivity index (χ0) is 27.7. The SMILES string of the molecule is CCCS(=O)(=O)Nc1ccc(F)c(-n2cc(-c3cncnc3)c3nc(N(C)C4CCN(C)CC4)ncc32)c1F. The molecule has 0 spiro atoms. The van der Waals surface area contributed by atoms with Gasteiger partial charge in [-0.05, 0) is 51.5 Å². The number of sulfonamides is 1. The molecule has 1 N–H and O–H groups in total. The van der Waals surface area contributed by atoms with Crippen LogP contribution in [0.5, 0.6) is 0 Å². The van der Waals surface area contributed by atoms with Crippen molar-refractivity contribution in [2.24, 2.45) is 0 Å². The van der Waals surface area contributed by atoms with Crippen LogP contribution in [-0.2, 0) is 10.0 Å². The highest BCUT2D eigenvalue weighted by molar-refractivity contribution is 7.92. The van der Waals surface area contributed by atoms with Crippen molar-refractivity contribution in [3.8, 4) is 16.8 Å². The Kier molecular flexibility index (Phi) is 7.45. The first-order chi connectivity index (χ1) is 18.7. The summed E-state index contributed by atoms with van der Waals surface area (Å²) in [5, 5.41) is 0. The summed E-state index contributed by atoms with van der Waals surface area (Å²) < 4.78 is 59.1. The number of hydrogen-bond acceptors (Lipinski definition) is 8. The number of benzene rings is 1. The maximum atomic E-state index is 15.7. The van der Waals surface area contributed by atoms with E-state index in [9.17, 15) is 8.42 Å². The van der Waals surface area contributed by atoms with E-state index in [1.165, 1.54) is 17.1 Å². The Bertz CT molecular complexity index is 1590. The zero-order valence-electron chi connectivity index (χ0n) is 22.0. The topological polar surface area (TPSA) is 109 Å². The lowest BCUT2D eigenvalue weighted by Gasteiger charge is -2.35. The minimum atomic E-state index is -3.80. The Labute approximate surface area is 225 Å². The lowest BCUT2D eigenvalue weighted by atomic mass is 10.0. The van der Waals surface area contributed by atoms with E-state index in [1.54, 1.807) is 25.5 Å². The Morgan fingerprint density at radius 2 is 1.85 bits per heavy atom. The molecule has 1 aliphatic heterocycles. The van der Waals surface area contributed by atoms with Crippen LogP contribution in [0.2, 0.25) is 0 Å². The molecule has 1 fully saturated rings. The van der Waals surface area contributed by atoms with Crippen molar-refractivity contribution in [3.63, 3.8) is 0 Å². The molecule has 1 aliphatic rings. The van der Waals surface area contributed by atoms with E-state index in [-0.39, 0.29) is 17.5 Å². The quantitative estimate of drug-likeness (QED) is 0.349. The van der Waals surface area contributed by atoms with Crippen LogP contribution in [0.15, 0.2) is 43.2 Å². The summed E-state index contributed by atoms with van der Waals surface area (Å²) in [5.41, 5.74) is 1.19. The lowest BCUT2D eigenvalue weighted by Crippen LogP contribution is -2.42. The molecule has 10 nitrogen and oxygen atoms in total. The average molecular weight is 557 g/mol. The highest BCUT2D eigenvalue weighted by Crippen LogP contribution is 2.35. The van der Waals surface area contributed by atoms with E-state index in [2.05, 4.69) is 31.6 Å². The van der Waals surface area contributed by atoms with Crippen LogP contribution < -0.4 is 9.62 Å². The first-order valence-electron chi connectivity index (χ1n) is 12.7. The average Bonchev–Trinajstić information content (AvgIpc) is 3.29. The van der Waals surface area contributed by atoms with Crippen LogP contribution in [0, 0.1) is 11.6 Å². The predicted molar refractivity (Wildman–Crippen MR) is 146 cm³/mol. The van der Waals surface area contributed by atoms with Gasteiger partial charge in [-0.15, -0.1) is 0 Å². The molecular weight excluding hydrogens is 526 g/mol. The van der Waals surface area contributed by atoms with Crippen LogP contribution in [-0.4, -0.2) is 76.8 Å². The van der Waals surface area contributed by atoms with Crippen molar-refractivity contribution >= 4 is 32.7 Å². The molecule has 0 aliphatic carbocycles. The third kappa shape index (κ3) is 5.41. The van der Waals surface area contributed by atoms with E-state index in [0.29, 0.717) is 34.5 Å². The number of hydrogen-bond donors (Lipinski definition) is 1. The molecule has 206 valence electrons. The molecule has 0 atom stereocenters. The van der Waals surface area contributed by atoms with Gasteiger partial charge in [0.15, 0.2) is 5.82 Å². The third-order valence-corrected chi connectivity index (χ3v) is 8.48. The Morgan fingerprint density at radius 1 is 1.13 bits per heavy atom. The van der Waals surface area contributed by atoms with Gasteiger partial charge >= 0.3 is 0 Å². The lowest BCUT2D eigenvalue weighted by molar-refractivity contribution is 0.252. The number of piperidine rings is 1. The summed E-state index contributed by atoms with van der Waals surface area (Å²) in [7, 11) is 0.244. The van der Waals surface area contributed by atoms with Gasteiger partial charge in [0.05, 0.1) is 23.2 Å². The highest BCUT2D eigenvalue weighted by atomic mass is 32.2. The van der Waals surface area contributed by atoms with E-state index in [0.717, 1.165) is 38.1 Å². The minimum Gasteiger partial charge on any atom is -0.341 e. The fourth-order valence-corrected chi connectivity index (χ4v) is 6.01. The molecule has 1 saturated heterocycles. The van der Waals surface area contributed by atoms with Crippen molar-refractivity contribution < 1.29 is 17.2 Å². The van der Waals surface area contributed by atoms with Gasteiger partial charge in [-0.1, -0.05) is 6.92 Å². The van der Waals surface area contributed by atoms with Gasteiger partial charge in [-0.25, -0.2) is 37.1 Å². The maximum absolute atomic E-state index is 15.7. The van der Waals surface area contributed by atoms with Gasteiger partial charge in [0.25, 0.3) is 0 Å². The summed E-state index contributed by atoms with van der Waals surface area (Å²) in [5.74, 6) is -1.61. The molecule has 3 aromatic heterocycles. The normalized spacial score (nSPS) is 15.1. The number of aromatic nitrogens is 5. The molecular formula is C26H30F2N8O2S. The number of nitrogens with zero attached hydrogens (tertiary/aromatic N) is 7. The van der Waals surface area contributed by atoms with E-state index in [1.807, 2.05) is 11.9 Å². The third-order valence-electron chi connectivity index (χ3n) is 7.00. The first-order valence-corrected chi connectivity index (χ1v) is 14.4. The monoisotopic (exact) mass is 556 g/mol. The standard InChI is InChI=1S/C26H30F2N8O2S/c1-4-11-39(37,38)33-21-6-5-20(27)25(23(21)28)36-15-19(17-12-29-16-30-13-17)24-22(36)14-31-26(32-24)35(3)18-7-9-34(2)10-8-18/h5-6,12-16,18,33H,4,7-11H2,1-3H3. The van der Waals surface area contributed by atoms with Crippen molar-refractivity contribution in [2.75, 3.05) is 42.6 Å². The zero-order valence-corrected chi connectivity index (χ0v) is 22.8. The Morgan fingerprint density at radius 3 is 2.54 bits per heavy atom. The smallest absolute Gasteiger partial charge is 0.232 e. The van der Waals surface area contributed by atoms with Gasteiger partial charge in [-0.2, -0.15) is 0 Å².